The first-order chi connectivity index (χ1) is 16.4. The van der Waals surface area contributed by atoms with E-state index in [1.54, 1.807) is 17.0 Å². The first-order valence-electron chi connectivity index (χ1n) is 10.6. The number of hydrogen-bond donors (Lipinski definition) is 2. The predicted octanol–water partition coefficient (Wildman–Crippen LogP) is 5.31. The molecule has 0 radical (unpaired) electrons. The van der Waals surface area contributed by atoms with E-state index in [-0.39, 0.29) is 41.2 Å². The molecule has 4 aromatic rings. The lowest BCUT2D eigenvalue weighted by molar-refractivity contribution is -0.134. The maximum absolute atomic E-state index is 13.7. The Kier molecular flexibility index (Phi) is 7.13. The molecule has 0 aliphatic rings. The SMILES string of the molecule is O=C(O)c1cc(Cl)ccc1OCC(=O)N(CCc1c[nH]c2ccccc12)Cc1cccc(F)c1. The van der Waals surface area contributed by atoms with Gasteiger partial charge in [0.05, 0.1) is 0 Å². The third-order valence-corrected chi connectivity index (χ3v) is 5.70. The number of carbonyl (C=O) groups excluding carboxylic acids is 1. The second-order valence-electron chi connectivity index (χ2n) is 7.79. The van der Waals surface area contributed by atoms with E-state index in [0.717, 1.165) is 16.5 Å². The summed E-state index contributed by atoms with van der Waals surface area (Å²) in [6, 6.07) is 18.1. The lowest BCUT2D eigenvalue weighted by Crippen LogP contribution is -2.36. The molecule has 0 fully saturated rings. The number of carboxylic acids is 1. The first-order valence-corrected chi connectivity index (χ1v) is 11.0. The minimum Gasteiger partial charge on any atom is -0.483 e. The van der Waals surface area contributed by atoms with Gasteiger partial charge in [-0.1, -0.05) is 41.9 Å². The molecule has 1 heterocycles. The highest BCUT2D eigenvalue weighted by Crippen LogP contribution is 2.23. The number of rotatable bonds is 9. The number of carboxylic acid groups (broad SMARTS) is 1. The molecular formula is C26H22ClFN2O4. The van der Waals surface area contributed by atoms with Crippen LogP contribution in [-0.2, 0) is 17.8 Å². The van der Waals surface area contributed by atoms with Crippen molar-refractivity contribution in [2.45, 2.75) is 13.0 Å². The molecule has 0 bridgehead atoms. The zero-order valence-electron chi connectivity index (χ0n) is 18.1. The average Bonchev–Trinajstić information content (AvgIpc) is 3.24. The van der Waals surface area contributed by atoms with Gasteiger partial charge in [-0.15, -0.1) is 0 Å². The summed E-state index contributed by atoms with van der Waals surface area (Å²) < 4.78 is 19.3. The number of para-hydroxylation sites is 1. The predicted molar refractivity (Wildman–Crippen MR) is 128 cm³/mol. The number of fused-ring (bicyclic) bond motifs is 1. The summed E-state index contributed by atoms with van der Waals surface area (Å²) in [5.74, 6) is -1.89. The minimum atomic E-state index is -1.21. The van der Waals surface area contributed by atoms with Gasteiger partial charge >= 0.3 is 5.97 Å². The maximum atomic E-state index is 13.7. The van der Waals surface area contributed by atoms with Crippen molar-refractivity contribution < 1.29 is 23.8 Å². The topological polar surface area (TPSA) is 82.6 Å². The number of aromatic nitrogens is 1. The number of H-pyrrole nitrogens is 1. The summed E-state index contributed by atoms with van der Waals surface area (Å²) in [4.78, 5) is 29.4. The van der Waals surface area contributed by atoms with Crippen LogP contribution in [0.15, 0.2) is 72.9 Å². The number of benzene rings is 3. The van der Waals surface area contributed by atoms with Crippen molar-refractivity contribution in [3.63, 3.8) is 0 Å². The molecule has 174 valence electrons. The Bertz CT molecular complexity index is 1340. The molecule has 1 aromatic heterocycles. The van der Waals surface area contributed by atoms with Gasteiger partial charge in [0.2, 0.25) is 0 Å². The maximum Gasteiger partial charge on any atom is 0.339 e. The molecule has 1 amide bonds. The van der Waals surface area contributed by atoms with Crippen molar-refractivity contribution in [3.05, 3.63) is 100 Å². The van der Waals surface area contributed by atoms with E-state index in [0.29, 0.717) is 18.5 Å². The van der Waals surface area contributed by atoms with Crippen LogP contribution >= 0.6 is 11.6 Å². The molecule has 0 unspecified atom stereocenters. The van der Waals surface area contributed by atoms with Gasteiger partial charge in [-0.25, -0.2) is 9.18 Å². The van der Waals surface area contributed by atoms with Crippen LogP contribution in [0.25, 0.3) is 10.9 Å². The third kappa shape index (κ3) is 5.55. The second kappa shape index (κ2) is 10.4. The van der Waals surface area contributed by atoms with E-state index in [9.17, 15) is 19.1 Å². The highest BCUT2D eigenvalue weighted by Gasteiger charge is 2.19. The van der Waals surface area contributed by atoms with Gasteiger partial charge in [0.1, 0.15) is 17.1 Å². The Morgan fingerprint density at radius 3 is 2.68 bits per heavy atom. The smallest absolute Gasteiger partial charge is 0.339 e. The molecule has 3 aromatic carbocycles. The number of nitrogens with zero attached hydrogens (tertiary/aromatic N) is 1. The van der Waals surface area contributed by atoms with Gasteiger partial charge in [-0.05, 0) is 53.9 Å². The van der Waals surface area contributed by atoms with Crippen LogP contribution in [0, 0.1) is 5.82 Å². The van der Waals surface area contributed by atoms with Crippen molar-refractivity contribution in [2.75, 3.05) is 13.2 Å². The van der Waals surface area contributed by atoms with Crippen LogP contribution in [-0.4, -0.2) is 40.0 Å². The van der Waals surface area contributed by atoms with Crippen molar-refractivity contribution in [1.82, 2.24) is 9.88 Å². The van der Waals surface area contributed by atoms with Gasteiger partial charge in [-0.3, -0.25) is 4.79 Å². The number of amides is 1. The Morgan fingerprint density at radius 1 is 1.06 bits per heavy atom. The van der Waals surface area contributed by atoms with Gasteiger partial charge in [0.25, 0.3) is 5.91 Å². The number of ether oxygens (including phenoxy) is 1. The second-order valence-corrected chi connectivity index (χ2v) is 8.23. The molecule has 0 aliphatic heterocycles. The summed E-state index contributed by atoms with van der Waals surface area (Å²) in [7, 11) is 0. The summed E-state index contributed by atoms with van der Waals surface area (Å²) in [5, 5.41) is 10.7. The van der Waals surface area contributed by atoms with E-state index < -0.39 is 5.97 Å². The summed E-state index contributed by atoms with van der Waals surface area (Å²) in [6.07, 6.45) is 2.49. The van der Waals surface area contributed by atoms with Crippen LogP contribution < -0.4 is 4.74 Å². The highest BCUT2D eigenvalue weighted by molar-refractivity contribution is 6.31. The fraction of sp³-hybridized carbons (Fsp3) is 0.154. The molecule has 0 spiro atoms. The summed E-state index contributed by atoms with van der Waals surface area (Å²) in [5.41, 5.74) is 2.58. The minimum absolute atomic E-state index is 0.0487. The van der Waals surface area contributed by atoms with E-state index in [1.807, 2.05) is 30.5 Å². The normalized spacial score (nSPS) is 10.9. The number of carbonyl (C=O) groups is 2. The Hall–Kier alpha value is -3.84. The zero-order chi connectivity index (χ0) is 24.1. The molecule has 34 heavy (non-hydrogen) atoms. The Labute approximate surface area is 200 Å². The van der Waals surface area contributed by atoms with Gasteiger partial charge in [-0.2, -0.15) is 0 Å². The fourth-order valence-electron chi connectivity index (χ4n) is 3.77. The molecule has 4 rings (SSSR count). The van der Waals surface area contributed by atoms with Crippen LogP contribution in [0.3, 0.4) is 0 Å². The van der Waals surface area contributed by atoms with E-state index in [4.69, 9.17) is 16.3 Å². The van der Waals surface area contributed by atoms with E-state index >= 15 is 0 Å². The highest BCUT2D eigenvalue weighted by atomic mass is 35.5. The standard InChI is InChI=1S/C26H22ClFN2O4/c27-19-8-9-24(22(13-19)26(32)33)34-16-25(31)30(15-17-4-3-5-20(28)12-17)11-10-18-14-29-23-7-2-1-6-21(18)23/h1-9,12-14,29H,10-11,15-16H2,(H,32,33). The molecule has 0 saturated carbocycles. The summed E-state index contributed by atoms with van der Waals surface area (Å²) in [6.45, 7) is 0.187. The largest absolute Gasteiger partial charge is 0.483 e. The molecule has 2 N–H and O–H groups in total. The van der Waals surface area contributed by atoms with Crippen molar-refractivity contribution in [3.8, 4) is 5.75 Å². The van der Waals surface area contributed by atoms with Crippen LogP contribution in [0.4, 0.5) is 4.39 Å². The zero-order valence-corrected chi connectivity index (χ0v) is 18.9. The van der Waals surface area contributed by atoms with E-state index in [1.165, 1.54) is 30.3 Å². The van der Waals surface area contributed by atoms with Crippen LogP contribution in [0.1, 0.15) is 21.5 Å². The number of hydrogen-bond acceptors (Lipinski definition) is 3. The molecule has 0 aliphatic carbocycles. The number of nitrogens with one attached hydrogen (secondary N) is 1. The monoisotopic (exact) mass is 480 g/mol. The average molecular weight is 481 g/mol. The fourth-order valence-corrected chi connectivity index (χ4v) is 3.94. The molecule has 8 heteroatoms. The number of halogens is 2. The lowest BCUT2D eigenvalue weighted by atomic mass is 10.1. The molecule has 0 saturated heterocycles. The van der Waals surface area contributed by atoms with Gasteiger partial charge in [0.15, 0.2) is 6.61 Å². The van der Waals surface area contributed by atoms with Gasteiger partial charge < -0.3 is 19.7 Å². The molecule has 6 nitrogen and oxygen atoms in total. The Morgan fingerprint density at radius 2 is 1.88 bits per heavy atom. The van der Waals surface area contributed by atoms with Gasteiger partial charge in [0, 0.05) is 35.2 Å². The first kappa shape index (κ1) is 23.3. The van der Waals surface area contributed by atoms with Crippen molar-refractivity contribution in [1.29, 1.82) is 0 Å². The van der Waals surface area contributed by atoms with Crippen LogP contribution in [0.2, 0.25) is 5.02 Å². The molecule has 0 atom stereocenters. The third-order valence-electron chi connectivity index (χ3n) is 5.46. The lowest BCUT2D eigenvalue weighted by Gasteiger charge is -2.23. The van der Waals surface area contributed by atoms with Crippen LogP contribution in [0.5, 0.6) is 5.75 Å². The number of aromatic carboxylic acids is 1. The van der Waals surface area contributed by atoms with Crippen molar-refractivity contribution in [2.24, 2.45) is 0 Å². The number of aromatic amines is 1. The molecular weight excluding hydrogens is 459 g/mol. The quantitative estimate of drug-likeness (QED) is 0.340. The summed E-state index contributed by atoms with van der Waals surface area (Å²) >= 11 is 5.88. The van der Waals surface area contributed by atoms with Crippen molar-refractivity contribution >= 4 is 34.4 Å². The Balaban J connectivity index is 1.51. The van der Waals surface area contributed by atoms with E-state index in [2.05, 4.69) is 4.98 Å².